The summed E-state index contributed by atoms with van der Waals surface area (Å²) in [6.07, 6.45) is 6.29. The van der Waals surface area contributed by atoms with Crippen LogP contribution in [0.15, 0.2) is 47.3 Å². The Morgan fingerprint density at radius 2 is 2.07 bits per heavy atom. The molecule has 0 saturated heterocycles. The van der Waals surface area contributed by atoms with Gasteiger partial charge in [-0.1, -0.05) is 29.8 Å². The molecule has 0 amide bonds. The Kier molecular flexibility index (Phi) is 5.59. The number of hydrogen-bond donors (Lipinski definition) is 2. The van der Waals surface area contributed by atoms with Crippen molar-refractivity contribution >= 4 is 39.7 Å². The molecule has 1 heterocycles. The van der Waals surface area contributed by atoms with E-state index in [9.17, 15) is 14.7 Å². The smallest absolute Gasteiger partial charge is 0.337 e. The summed E-state index contributed by atoms with van der Waals surface area (Å²) in [4.78, 5) is 29.4. The Hall–Kier alpha value is -3.12. The van der Waals surface area contributed by atoms with E-state index in [1.54, 1.807) is 48.0 Å². The lowest BCUT2D eigenvalue weighted by Crippen LogP contribution is -2.23. The van der Waals surface area contributed by atoms with Crippen LogP contribution in [0.2, 0.25) is 5.02 Å². The number of nitrogens with zero attached hydrogens (tertiary/aromatic N) is 2. The van der Waals surface area contributed by atoms with Crippen LogP contribution in [0.25, 0.3) is 16.5 Å². The number of halogens is 1. The second kappa shape index (κ2) is 8.32. The maximum absolute atomic E-state index is 13.1. The highest BCUT2D eigenvalue weighted by Crippen LogP contribution is 2.28. The number of carboxylic acids is 1. The number of aromatic nitrogens is 2. The number of aromatic carboxylic acids is 1. The molecular weight excluding hydrogens is 402 g/mol. The fraction of sp³-hybridized carbons (Fsp3) is 0.261. The molecule has 30 heavy (non-hydrogen) atoms. The number of allylic oxidation sites excluding steroid dienone is 2. The molecule has 154 valence electrons. The van der Waals surface area contributed by atoms with E-state index in [1.165, 1.54) is 0 Å². The van der Waals surface area contributed by atoms with E-state index >= 15 is 0 Å². The number of carboxylic acid groups (broad SMARTS) is 1. The van der Waals surface area contributed by atoms with Crippen molar-refractivity contribution in [3.63, 3.8) is 0 Å². The summed E-state index contributed by atoms with van der Waals surface area (Å²) in [6, 6.07) is 10.1. The maximum atomic E-state index is 13.1. The van der Waals surface area contributed by atoms with Crippen LogP contribution < -0.4 is 10.9 Å². The summed E-state index contributed by atoms with van der Waals surface area (Å²) in [5.74, 6) is -0.325. The SMILES string of the molecule is Cn1c(C2=CCCCC2)nc2c(CNc3ccccc3C(=O)O)cc(Cl)cc2c1=O. The van der Waals surface area contributed by atoms with E-state index in [2.05, 4.69) is 11.4 Å². The molecule has 4 rings (SSSR count). The third kappa shape index (κ3) is 3.83. The third-order valence-electron chi connectivity index (χ3n) is 5.43. The molecule has 0 radical (unpaired) electrons. The minimum atomic E-state index is -1.01. The van der Waals surface area contributed by atoms with Crippen LogP contribution in [0.4, 0.5) is 5.69 Å². The Bertz CT molecular complexity index is 1230. The van der Waals surface area contributed by atoms with E-state index in [0.29, 0.717) is 34.0 Å². The first-order chi connectivity index (χ1) is 14.5. The summed E-state index contributed by atoms with van der Waals surface area (Å²) in [5, 5.41) is 13.5. The number of hydrogen-bond acceptors (Lipinski definition) is 4. The first kappa shape index (κ1) is 20.2. The topological polar surface area (TPSA) is 84.2 Å². The lowest BCUT2D eigenvalue weighted by molar-refractivity contribution is 0.0698. The summed E-state index contributed by atoms with van der Waals surface area (Å²) in [6.45, 7) is 0.292. The van der Waals surface area contributed by atoms with E-state index in [1.807, 2.05) is 0 Å². The van der Waals surface area contributed by atoms with Crippen molar-refractivity contribution in [3.05, 3.63) is 74.8 Å². The molecule has 2 N–H and O–H groups in total. The van der Waals surface area contributed by atoms with E-state index in [4.69, 9.17) is 16.6 Å². The van der Waals surface area contributed by atoms with Gasteiger partial charge in [0, 0.05) is 24.3 Å². The van der Waals surface area contributed by atoms with Gasteiger partial charge in [-0.25, -0.2) is 9.78 Å². The maximum Gasteiger partial charge on any atom is 0.337 e. The number of rotatable bonds is 5. The molecule has 1 aromatic heterocycles. The number of para-hydroxylation sites is 1. The molecule has 3 aromatic rings. The average Bonchev–Trinajstić information content (AvgIpc) is 2.75. The first-order valence-electron chi connectivity index (χ1n) is 9.90. The number of fused-ring (bicyclic) bond motifs is 1. The quantitative estimate of drug-likeness (QED) is 0.612. The normalized spacial score (nSPS) is 13.9. The molecular formula is C23H22ClN3O3. The number of anilines is 1. The number of nitrogens with one attached hydrogen (secondary N) is 1. The second-order valence-electron chi connectivity index (χ2n) is 7.44. The van der Waals surface area contributed by atoms with Gasteiger partial charge >= 0.3 is 5.97 Å². The van der Waals surface area contributed by atoms with E-state index in [0.717, 1.165) is 36.8 Å². The summed E-state index contributed by atoms with van der Waals surface area (Å²) >= 11 is 6.29. The highest BCUT2D eigenvalue weighted by Gasteiger charge is 2.17. The summed E-state index contributed by atoms with van der Waals surface area (Å²) in [7, 11) is 1.74. The van der Waals surface area contributed by atoms with Crippen molar-refractivity contribution in [1.82, 2.24) is 9.55 Å². The second-order valence-corrected chi connectivity index (χ2v) is 7.88. The Morgan fingerprint density at radius 1 is 1.27 bits per heavy atom. The molecule has 0 saturated carbocycles. The van der Waals surface area contributed by atoms with Crippen molar-refractivity contribution in [2.75, 3.05) is 5.32 Å². The Labute approximate surface area is 178 Å². The molecule has 0 unspecified atom stereocenters. The van der Waals surface area contributed by atoms with Crippen LogP contribution in [0.1, 0.15) is 47.4 Å². The van der Waals surface area contributed by atoms with Gasteiger partial charge in [-0.2, -0.15) is 0 Å². The monoisotopic (exact) mass is 423 g/mol. The van der Waals surface area contributed by atoms with Crippen LogP contribution in [-0.2, 0) is 13.6 Å². The predicted molar refractivity (Wildman–Crippen MR) is 119 cm³/mol. The van der Waals surface area contributed by atoms with E-state index < -0.39 is 5.97 Å². The molecule has 0 atom stereocenters. The van der Waals surface area contributed by atoms with Gasteiger partial charge in [-0.3, -0.25) is 9.36 Å². The lowest BCUT2D eigenvalue weighted by atomic mass is 9.98. The highest BCUT2D eigenvalue weighted by molar-refractivity contribution is 6.31. The minimum Gasteiger partial charge on any atom is -0.478 e. The zero-order valence-corrected chi connectivity index (χ0v) is 17.4. The van der Waals surface area contributed by atoms with Gasteiger partial charge in [0.15, 0.2) is 0 Å². The van der Waals surface area contributed by atoms with Gasteiger partial charge < -0.3 is 10.4 Å². The van der Waals surface area contributed by atoms with Gasteiger partial charge in [0.05, 0.1) is 16.5 Å². The molecule has 7 heteroatoms. The zero-order valence-electron chi connectivity index (χ0n) is 16.6. The lowest BCUT2D eigenvalue weighted by Gasteiger charge is -2.17. The average molecular weight is 424 g/mol. The van der Waals surface area contributed by atoms with Crippen LogP contribution in [0.5, 0.6) is 0 Å². The van der Waals surface area contributed by atoms with Crippen molar-refractivity contribution < 1.29 is 9.90 Å². The van der Waals surface area contributed by atoms with Crippen LogP contribution in [-0.4, -0.2) is 20.6 Å². The minimum absolute atomic E-state index is 0.142. The summed E-state index contributed by atoms with van der Waals surface area (Å²) in [5.41, 5.74) is 2.96. The Balaban J connectivity index is 1.80. The van der Waals surface area contributed by atoms with Gasteiger partial charge in [0.1, 0.15) is 5.82 Å². The van der Waals surface area contributed by atoms with Gasteiger partial charge in [0.2, 0.25) is 0 Å². The molecule has 0 bridgehead atoms. The number of carbonyl (C=O) groups is 1. The van der Waals surface area contributed by atoms with E-state index in [-0.39, 0.29) is 11.1 Å². The van der Waals surface area contributed by atoms with Crippen LogP contribution in [0.3, 0.4) is 0 Å². The molecule has 6 nitrogen and oxygen atoms in total. The van der Waals surface area contributed by atoms with Crippen molar-refractivity contribution in [2.24, 2.45) is 7.05 Å². The predicted octanol–water partition coefficient (Wildman–Crippen LogP) is 4.85. The Morgan fingerprint density at radius 3 is 2.80 bits per heavy atom. The molecule has 1 aliphatic rings. The van der Waals surface area contributed by atoms with Gasteiger partial charge in [0.25, 0.3) is 5.56 Å². The van der Waals surface area contributed by atoms with Gasteiger partial charge in [-0.15, -0.1) is 0 Å². The van der Waals surface area contributed by atoms with Crippen LogP contribution in [0, 0.1) is 0 Å². The van der Waals surface area contributed by atoms with Crippen molar-refractivity contribution in [2.45, 2.75) is 32.2 Å². The molecule has 0 fully saturated rings. The van der Waals surface area contributed by atoms with Crippen LogP contribution >= 0.6 is 11.6 Å². The highest BCUT2D eigenvalue weighted by atomic mass is 35.5. The number of benzene rings is 2. The first-order valence-corrected chi connectivity index (χ1v) is 10.3. The fourth-order valence-corrected chi connectivity index (χ4v) is 4.13. The summed E-state index contributed by atoms with van der Waals surface area (Å²) < 4.78 is 1.59. The van der Waals surface area contributed by atoms with Crippen molar-refractivity contribution in [1.29, 1.82) is 0 Å². The molecule has 0 aliphatic heterocycles. The molecule has 0 spiro atoms. The standard InChI is InChI=1S/C23H22ClN3O3/c1-27-21(14-7-3-2-4-8-14)26-20-15(11-16(24)12-18(20)22(27)28)13-25-19-10-6-5-9-17(19)23(29)30/h5-7,9-12,25H,2-4,8,13H2,1H3,(H,29,30). The largest absolute Gasteiger partial charge is 0.478 e. The zero-order chi connectivity index (χ0) is 21.3. The third-order valence-corrected chi connectivity index (χ3v) is 5.65. The van der Waals surface area contributed by atoms with Gasteiger partial charge in [-0.05, 0) is 61.1 Å². The fourth-order valence-electron chi connectivity index (χ4n) is 3.89. The van der Waals surface area contributed by atoms with Crippen molar-refractivity contribution in [3.8, 4) is 0 Å². The molecule has 1 aliphatic carbocycles. The molecule has 2 aromatic carbocycles.